The van der Waals surface area contributed by atoms with Crippen molar-refractivity contribution in [1.29, 1.82) is 0 Å². The molecule has 2 atom stereocenters. The van der Waals surface area contributed by atoms with Gasteiger partial charge in [0.05, 0.1) is 43.0 Å². The van der Waals surface area contributed by atoms with E-state index in [9.17, 15) is 4.79 Å². The molecule has 11 heteroatoms. The number of carbonyl (C=O) groups is 1. The van der Waals surface area contributed by atoms with E-state index in [1.165, 1.54) is 11.0 Å². The molecule has 5 rings (SSSR count). The maximum Gasteiger partial charge on any atom is 0.414 e. The molecule has 0 unspecified atom stereocenters. The maximum absolute atomic E-state index is 15.0. The molecular formula is C23H23FN6O4. The summed E-state index contributed by atoms with van der Waals surface area (Å²) in [5.74, 6) is -0.460. The molecule has 0 aliphatic carbocycles. The van der Waals surface area contributed by atoms with Gasteiger partial charge in [-0.05, 0) is 37.3 Å². The van der Waals surface area contributed by atoms with Gasteiger partial charge in [0, 0.05) is 30.1 Å². The van der Waals surface area contributed by atoms with Crippen LogP contribution < -0.4 is 10.4 Å². The van der Waals surface area contributed by atoms with E-state index in [0.717, 1.165) is 5.70 Å². The fourth-order valence-electron chi connectivity index (χ4n) is 3.83. The highest BCUT2D eigenvalue weighted by atomic mass is 19.1. The molecule has 3 aromatic rings. The van der Waals surface area contributed by atoms with Gasteiger partial charge in [0.2, 0.25) is 0 Å². The van der Waals surface area contributed by atoms with Crippen LogP contribution in [0.4, 0.5) is 14.9 Å². The topological polar surface area (TPSA) is 104 Å². The van der Waals surface area contributed by atoms with E-state index in [0.29, 0.717) is 48.8 Å². The summed E-state index contributed by atoms with van der Waals surface area (Å²) in [5.41, 5.74) is 5.69. The number of aromatic nitrogens is 4. The number of amides is 1. The standard InChI is InChI=1S/C23H23FN6O4/c1-2-32-14-17-10-22(27-34-17)21-6-3-15(11-25-21)19-5-4-16(9-20(19)24)30-13-18(33-23(30)31)12-29-8-7-26-28-29/h3-11,17-18,27H,2,12-14H2,1H3/t17-,18-/m0/s1. The lowest BCUT2D eigenvalue weighted by Gasteiger charge is -2.14. The Morgan fingerprint density at radius 3 is 2.94 bits per heavy atom. The number of anilines is 1. The van der Waals surface area contributed by atoms with Gasteiger partial charge in [-0.25, -0.2) is 13.9 Å². The predicted molar refractivity (Wildman–Crippen MR) is 120 cm³/mol. The minimum Gasteiger partial charge on any atom is -0.442 e. The minimum atomic E-state index is -0.523. The van der Waals surface area contributed by atoms with Crippen LogP contribution in [0.25, 0.3) is 16.8 Å². The second-order valence-corrected chi connectivity index (χ2v) is 7.84. The van der Waals surface area contributed by atoms with Crippen molar-refractivity contribution >= 4 is 17.5 Å². The molecule has 1 saturated heterocycles. The second-order valence-electron chi connectivity index (χ2n) is 7.84. The van der Waals surface area contributed by atoms with Gasteiger partial charge in [-0.15, -0.1) is 5.10 Å². The number of cyclic esters (lactones) is 1. The van der Waals surface area contributed by atoms with Gasteiger partial charge >= 0.3 is 6.09 Å². The summed E-state index contributed by atoms with van der Waals surface area (Å²) >= 11 is 0. The molecule has 0 spiro atoms. The molecule has 1 fully saturated rings. The smallest absolute Gasteiger partial charge is 0.414 e. The summed E-state index contributed by atoms with van der Waals surface area (Å²) in [6.07, 6.45) is 5.64. The fourth-order valence-corrected chi connectivity index (χ4v) is 3.83. The molecule has 1 aromatic carbocycles. The lowest BCUT2D eigenvalue weighted by atomic mass is 10.1. The number of halogens is 1. The molecule has 2 aliphatic heterocycles. The van der Waals surface area contributed by atoms with Gasteiger partial charge in [-0.2, -0.15) is 0 Å². The number of hydroxylamine groups is 1. The Kier molecular flexibility index (Phi) is 6.19. The van der Waals surface area contributed by atoms with Crippen molar-refractivity contribution in [1.82, 2.24) is 25.5 Å². The van der Waals surface area contributed by atoms with Gasteiger partial charge < -0.3 is 9.47 Å². The van der Waals surface area contributed by atoms with Crippen molar-refractivity contribution in [3.05, 3.63) is 66.5 Å². The van der Waals surface area contributed by atoms with Crippen molar-refractivity contribution < 1.29 is 23.5 Å². The SMILES string of the molecule is CCOC[C@@H]1C=C(c2ccc(-c3ccc(N4C[C@H](Cn5ccnn5)OC4=O)cc3F)cn2)NO1. The minimum absolute atomic E-state index is 0.186. The largest absolute Gasteiger partial charge is 0.442 e. The molecule has 0 radical (unpaired) electrons. The summed E-state index contributed by atoms with van der Waals surface area (Å²) in [7, 11) is 0. The average Bonchev–Trinajstić information content (AvgIpc) is 3.60. The normalized spacial score (nSPS) is 19.8. The van der Waals surface area contributed by atoms with Gasteiger partial charge in [-0.1, -0.05) is 11.3 Å². The number of nitrogens with one attached hydrogen (secondary N) is 1. The number of ether oxygens (including phenoxy) is 2. The van der Waals surface area contributed by atoms with E-state index in [1.807, 2.05) is 13.0 Å². The summed E-state index contributed by atoms with van der Waals surface area (Å²) in [6.45, 7) is 3.66. The number of rotatable bonds is 8. The van der Waals surface area contributed by atoms with Crippen LogP contribution in [0, 0.1) is 5.82 Å². The third-order valence-corrected chi connectivity index (χ3v) is 5.51. The Bertz CT molecular complexity index is 1180. The number of benzene rings is 1. The van der Waals surface area contributed by atoms with Crippen LogP contribution in [0.3, 0.4) is 0 Å². The van der Waals surface area contributed by atoms with Gasteiger partial charge in [-0.3, -0.25) is 20.2 Å². The van der Waals surface area contributed by atoms with Crippen LogP contribution in [-0.4, -0.2) is 58.0 Å². The molecule has 1 N–H and O–H groups in total. The Morgan fingerprint density at radius 2 is 2.21 bits per heavy atom. The Labute approximate surface area is 194 Å². The van der Waals surface area contributed by atoms with Crippen molar-refractivity contribution in [2.45, 2.75) is 25.7 Å². The van der Waals surface area contributed by atoms with Crippen molar-refractivity contribution in [3.8, 4) is 11.1 Å². The fraction of sp³-hybridized carbons (Fsp3) is 0.304. The van der Waals surface area contributed by atoms with Crippen molar-refractivity contribution in [3.63, 3.8) is 0 Å². The van der Waals surface area contributed by atoms with E-state index >= 15 is 4.39 Å². The third kappa shape index (κ3) is 4.61. The Hall–Kier alpha value is -3.83. The second kappa shape index (κ2) is 9.57. The van der Waals surface area contributed by atoms with Crippen LogP contribution in [0.2, 0.25) is 0 Å². The molecule has 2 aromatic heterocycles. The third-order valence-electron chi connectivity index (χ3n) is 5.51. The highest BCUT2D eigenvalue weighted by molar-refractivity contribution is 5.90. The number of nitrogens with zero attached hydrogens (tertiary/aromatic N) is 5. The quantitative estimate of drug-likeness (QED) is 0.541. The summed E-state index contributed by atoms with van der Waals surface area (Å²) in [6, 6.07) is 8.24. The highest BCUT2D eigenvalue weighted by Crippen LogP contribution is 2.29. The summed E-state index contributed by atoms with van der Waals surface area (Å²) in [5, 5.41) is 7.62. The number of hydrogen-bond donors (Lipinski definition) is 1. The Morgan fingerprint density at radius 1 is 1.29 bits per heavy atom. The van der Waals surface area contributed by atoms with Crippen LogP contribution in [0.5, 0.6) is 0 Å². The van der Waals surface area contributed by atoms with E-state index in [4.69, 9.17) is 14.3 Å². The summed E-state index contributed by atoms with van der Waals surface area (Å²) < 4.78 is 27.3. The number of pyridine rings is 1. The molecule has 2 aliphatic rings. The number of carbonyl (C=O) groups excluding carboxylic acids is 1. The van der Waals surface area contributed by atoms with Gasteiger partial charge in [0.15, 0.2) is 0 Å². The van der Waals surface area contributed by atoms with E-state index in [1.54, 1.807) is 47.5 Å². The lowest BCUT2D eigenvalue weighted by Crippen LogP contribution is -2.26. The molecular weight excluding hydrogens is 443 g/mol. The first kappa shape index (κ1) is 22.0. The van der Waals surface area contributed by atoms with Crippen LogP contribution >= 0.6 is 0 Å². The van der Waals surface area contributed by atoms with E-state index < -0.39 is 18.0 Å². The highest BCUT2D eigenvalue weighted by Gasteiger charge is 2.33. The molecule has 1 amide bonds. The molecule has 0 saturated carbocycles. The first-order valence-corrected chi connectivity index (χ1v) is 10.9. The molecule has 4 heterocycles. The first-order chi connectivity index (χ1) is 16.6. The van der Waals surface area contributed by atoms with E-state index in [-0.39, 0.29) is 6.10 Å². The van der Waals surface area contributed by atoms with Crippen molar-refractivity contribution in [2.75, 3.05) is 24.7 Å². The molecule has 176 valence electrons. The molecule has 10 nitrogen and oxygen atoms in total. The van der Waals surface area contributed by atoms with Crippen LogP contribution in [0.1, 0.15) is 12.6 Å². The van der Waals surface area contributed by atoms with Gasteiger partial charge in [0.25, 0.3) is 0 Å². The van der Waals surface area contributed by atoms with E-state index in [2.05, 4.69) is 20.8 Å². The van der Waals surface area contributed by atoms with Crippen LogP contribution in [-0.2, 0) is 20.9 Å². The Balaban J connectivity index is 1.27. The van der Waals surface area contributed by atoms with Gasteiger partial charge in [0.1, 0.15) is 18.0 Å². The zero-order chi connectivity index (χ0) is 23.5. The predicted octanol–water partition coefficient (Wildman–Crippen LogP) is 2.79. The molecule has 0 bridgehead atoms. The zero-order valence-corrected chi connectivity index (χ0v) is 18.4. The van der Waals surface area contributed by atoms with Crippen LogP contribution in [0.15, 0.2) is 55.0 Å². The number of hydrogen-bond acceptors (Lipinski definition) is 8. The molecule has 34 heavy (non-hydrogen) atoms. The zero-order valence-electron chi connectivity index (χ0n) is 18.4. The van der Waals surface area contributed by atoms with Crippen molar-refractivity contribution in [2.24, 2.45) is 0 Å². The first-order valence-electron chi connectivity index (χ1n) is 10.9. The average molecular weight is 466 g/mol. The summed E-state index contributed by atoms with van der Waals surface area (Å²) in [4.78, 5) is 23.6. The monoisotopic (exact) mass is 466 g/mol. The lowest BCUT2D eigenvalue weighted by molar-refractivity contribution is -0.00719. The maximum atomic E-state index is 15.0.